The van der Waals surface area contributed by atoms with Crippen LogP contribution >= 0.6 is 0 Å². The van der Waals surface area contributed by atoms with Crippen molar-refractivity contribution in [2.75, 3.05) is 6.61 Å². The molecule has 0 amide bonds. The number of allylic oxidation sites excluding steroid dienone is 2. The van der Waals surface area contributed by atoms with Crippen molar-refractivity contribution in [1.29, 1.82) is 0 Å². The SMILES string of the molecule is CCCCCCCC1CCC(C2CC=C(c3ccc(-c4ccc(-c5ccc(OCCCCCC)c(F)c5F)cc4)cc3F)CC2)CC1. The Hall–Kier alpha value is -3.01. The maximum atomic E-state index is 15.5. The second-order valence-electron chi connectivity index (χ2n) is 14.2. The zero-order valence-electron chi connectivity index (χ0n) is 28.8. The van der Waals surface area contributed by atoms with E-state index in [2.05, 4.69) is 19.9 Å². The van der Waals surface area contributed by atoms with Gasteiger partial charge >= 0.3 is 0 Å². The summed E-state index contributed by atoms with van der Waals surface area (Å²) in [5.41, 5.74) is 4.19. The zero-order valence-corrected chi connectivity index (χ0v) is 28.8. The minimum atomic E-state index is -0.959. The Bertz CT molecular complexity index is 1430. The van der Waals surface area contributed by atoms with E-state index in [-0.39, 0.29) is 17.1 Å². The summed E-state index contributed by atoms with van der Waals surface area (Å²) in [6.45, 7) is 4.78. The average molecular weight is 645 g/mol. The number of rotatable bonds is 16. The Morgan fingerprint density at radius 1 is 0.617 bits per heavy atom. The fourth-order valence-corrected chi connectivity index (χ4v) is 7.89. The summed E-state index contributed by atoms with van der Waals surface area (Å²) in [4.78, 5) is 0. The second kappa shape index (κ2) is 17.9. The number of unbranched alkanes of at least 4 members (excludes halogenated alkanes) is 7. The highest BCUT2D eigenvalue weighted by atomic mass is 19.2. The highest BCUT2D eigenvalue weighted by Gasteiger charge is 2.29. The highest BCUT2D eigenvalue weighted by Crippen LogP contribution is 2.43. The van der Waals surface area contributed by atoms with Crippen LogP contribution in [0, 0.1) is 35.2 Å². The molecular weight excluding hydrogens is 589 g/mol. The van der Waals surface area contributed by atoms with Gasteiger partial charge in [0, 0.05) is 11.1 Å². The minimum Gasteiger partial charge on any atom is -0.490 e. The summed E-state index contributed by atoms with van der Waals surface area (Å²) in [5.74, 6) is 0.381. The van der Waals surface area contributed by atoms with Crippen LogP contribution in [-0.4, -0.2) is 6.61 Å². The van der Waals surface area contributed by atoms with Gasteiger partial charge in [-0.05, 0) is 96.7 Å². The second-order valence-corrected chi connectivity index (χ2v) is 14.2. The van der Waals surface area contributed by atoms with Crippen molar-refractivity contribution in [1.82, 2.24) is 0 Å². The van der Waals surface area contributed by atoms with E-state index >= 15 is 4.39 Å². The molecule has 1 saturated carbocycles. The Morgan fingerprint density at radius 2 is 1.28 bits per heavy atom. The zero-order chi connectivity index (χ0) is 33.0. The van der Waals surface area contributed by atoms with Crippen LogP contribution in [0.5, 0.6) is 5.75 Å². The number of hydrogen-bond donors (Lipinski definition) is 0. The van der Waals surface area contributed by atoms with Gasteiger partial charge < -0.3 is 4.74 Å². The van der Waals surface area contributed by atoms with Crippen LogP contribution in [0.2, 0.25) is 0 Å². The molecule has 4 heteroatoms. The third-order valence-electron chi connectivity index (χ3n) is 10.9. The molecule has 0 aliphatic heterocycles. The Balaban J connectivity index is 1.14. The Kier molecular flexibility index (Phi) is 13.5. The molecule has 0 spiro atoms. The predicted octanol–water partition coefficient (Wildman–Crippen LogP) is 13.7. The number of halogens is 3. The lowest BCUT2D eigenvalue weighted by Gasteiger charge is -2.35. The van der Waals surface area contributed by atoms with Crippen LogP contribution in [0.4, 0.5) is 13.2 Å². The van der Waals surface area contributed by atoms with Crippen molar-refractivity contribution in [3.05, 3.63) is 83.7 Å². The van der Waals surface area contributed by atoms with Gasteiger partial charge in [-0.1, -0.05) is 127 Å². The first-order valence-electron chi connectivity index (χ1n) is 18.7. The van der Waals surface area contributed by atoms with Crippen molar-refractivity contribution in [3.63, 3.8) is 0 Å². The summed E-state index contributed by atoms with van der Waals surface area (Å²) >= 11 is 0. The van der Waals surface area contributed by atoms with Crippen LogP contribution in [0.1, 0.15) is 129 Å². The standard InChI is InChI=1S/C43H55F3O/c1-3-5-7-9-10-12-31-13-15-32(16-14-31)33-17-21-35(22-18-33)38-26-25-37(30-40(38)44)34-19-23-36(24-20-34)39-27-28-41(43(46)42(39)45)47-29-11-8-6-4-2/h19-21,23-28,30-33H,3-18,22,29H2,1-2H3. The van der Waals surface area contributed by atoms with E-state index in [9.17, 15) is 8.78 Å². The van der Waals surface area contributed by atoms with Gasteiger partial charge in [-0.15, -0.1) is 0 Å². The van der Waals surface area contributed by atoms with E-state index in [0.717, 1.165) is 79.4 Å². The maximum Gasteiger partial charge on any atom is 0.201 e. The monoisotopic (exact) mass is 644 g/mol. The molecule has 5 rings (SSSR count). The lowest BCUT2D eigenvalue weighted by Crippen LogP contribution is -2.23. The van der Waals surface area contributed by atoms with Gasteiger partial charge in [0.2, 0.25) is 5.82 Å². The topological polar surface area (TPSA) is 9.23 Å². The Morgan fingerprint density at radius 3 is 1.96 bits per heavy atom. The number of benzene rings is 3. The average Bonchev–Trinajstić information content (AvgIpc) is 3.10. The summed E-state index contributed by atoms with van der Waals surface area (Å²) < 4.78 is 50.7. The van der Waals surface area contributed by atoms with Crippen LogP contribution in [-0.2, 0) is 0 Å². The summed E-state index contributed by atoms with van der Waals surface area (Å²) in [5, 5.41) is 0. The molecule has 0 bridgehead atoms. The van der Waals surface area contributed by atoms with Gasteiger partial charge in [0.1, 0.15) is 5.82 Å². The van der Waals surface area contributed by atoms with E-state index in [1.165, 1.54) is 70.3 Å². The molecule has 0 radical (unpaired) electrons. The fourth-order valence-electron chi connectivity index (χ4n) is 7.89. The van der Waals surface area contributed by atoms with Crippen LogP contribution in [0.25, 0.3) is 27.8 Å². The molecule has 2 aliphatic rings. The van der Waals surface area contributed by atoms with Crippen LogP contribution in [0.15, 0.2) is 60.7 Å². The number of hydrogen-bond acceptors (Lipinski definition) is 1. The molecule has 3 aromatic carbocycles. The van der Waals surface area contributed by atoms with E-state index in [4.69, 9.17) is 4.74 Å². The summed E-state index contributed by atoms with van der Waals surface area (Å²) in [6, 6.07) is 15.7. The third-order valence-corrected chi connectivity index (χ3v) is 10.9. The van der Waals surface area contributed by atoms with Gasteiger partial charge in [-0.25, -0.2) is 8.78 Å². The lowest BCUT2D eigenvalue weighted by molar-refractivity contribution is 0.187. The van der Waals surface area contributed by atoms with E-state index in [1.807, 2.05) is 24.3 Å². The first-order chi connectivity index (χ1) is 23.0. The molecule has 0 aromatic heterocycles. The van der Waals surface area contributed by atoms with E-state index < -0.39 is 11.6 Å². The minimum absolute atomic E-state index is 0.0514. The molecule has 2 aliphatic carbocycles. The molecule has 1 unspecified atom stereocenters. The third kappa shape index (κ3) is 9.55. The normalized spacial score (nSPS) is 19.9. The molecule has 254 valence electrons. The number of ether oxygens (including phenoxy) is 1. The molecule has 1 atom stereocenters. The van der Waals surface area contributed by atoms with Gasteiger partial charge in [0.25, 0.3) is 0 Å². The van der Waals surface area contributed by atoms with E-state index in [0.29, 0.717) is 17.7 Å². The van der Waals surface area contributed by atoms with E-state index in [1.54, 1.807) is 24.3 Å². The first-order valence-corrected chi connectivity index (χ1v) is 18.7. The van der Waals surface area contributed by atoms with Crippen molar-refractivity contribution >= 4 is 5.57 Å². The maximum absolute atomic E-state index is 15.5. The van der Waals surface area contributed by atoms with Crippen molar-refractivity contribution < 1.29 is 17.9 Å². The van der Waals surface area contributed by atoms with Crippen LogP contribution in [0.3, 0.4) is 0 Å². The molecule has 0 N–H and O–H groups in total. The molecule has 0 heterocycles. The summed E-state index contributed by atoms with van der Waals surface area (Å²) in [7, 11) is 0. The lowest BCUT2D eigenvalue weighted by atomic mass is 9.70. The van der Waals surface area contributed by atoms with Gasteiger partial charge in [0.15, 0.2) is 11.6 Å². The quantitative estimate of drug-likeness (QED) is 0.141. The smallest absolute Gasteiger partial charge is 0.201 e. The molecule has 1 fully saturated rings. The van der Waals surface area contributed by atoms with Gasteiger partial charge in [0.05, 0.1) is 6.61 Å². The predicted molar refractivity (Wildman–Crippen MR) is 191 cm³/mol. The van der Waals surface area contributed by atoms with Gasteiger partial charge in [-0.3, -0.25) is 0 Å². The molecule has 1 nitrogen and oxygen atoms in total. The van der Waals surface area contributed by atoms with Crippen molar-refractivity contribution in [2.24, 2.45) is 17.8 Å². The fraction of sp³-hybridized carbons (Fsp3) is 0.535. The Labute approximate surface area is 282 Å². The summed E-state index contributed by atoms with van der Waals surface area (Å²) in [6.07, 6.45) is 23.4. The molecule has 0 saturated heterocycles. The molecular formula is C43H55F3O. The van der Waals surface area contributed by atoms with Crippen molar-refractivity contribution in [2.45, 2.75) is 123 Å². The molecule has 47 heavy (non-hydrogen) atoms. The largest absolute Gasteiger partial charge is 0.490 e. The van der Waals surface area contributed by atoms with Crippen LogP contribution < -0.4 is 4.74 Å². The first kappa shape index (κ1) is 35.3. The molecule has 3 aromatic rings. The van der Waals surface area contributed by atoms with Gasteiger partial charge in [-0.2, -0.15) is 4.39 Å². The highest BCUT2D eigenvalue weighted by molar-refractivity contribution is 5.74. The van der Waals surface area contributed by atoms with Crippen molar-refractivity contribution in [3.8, 4) is 28.0 Å².